The summed E-state index contributed by atoms with van der Waals surface area (Å²) in [5.41, 5.74) is 1.05. The lowest BCUT2D eigenvalue weighted by Gasteiger charge is -2.16. The average molecular weight is 268 g/mol. The van der Waals surface area contributed by atoms with E-state index in [1.807, 2.05) is 6.92 Å². The van der Waals surface area contributed by atoms with E-state index in [0.29, 0.717) is 10.7 Å². The molecule has 0 saturated heterocycles. The minimum atomic E-state index is -0.386. The molecule has 1 atom stereocenters. The van der Waals surface area contributed by atoms with Crippen LogP contribution < -0.4 is 5.32 Å². The molecule has 0 fully saturated rings. The van der Waals surface area contributed by atoms with Gasteiger partial charge in [-0.25, -0.2) is 8.78 Å². The van der Waals surface area contributed by atoms with Gasteiger partial charge in [0.05, 0.1) is 5.69 Å². The first-order valence-corrected chi connectivity index (χ1v) is 5.91. The summed E-state index contributed by atoms with van der Waals surface area (Å²) in [5.74, 6) is -0.699. The van der Waals surface area contributed by atoms with Crippen molar-refractivity contribution >= 4 is 17.3 Å². The molecule has 2 rings (SSSR count). The predicted molar refractivity (Wildman–Crippen MR) is 69.8 cm³/mol. The Morgan fingerprint density at radius 1 is 1.11 bits per heavy atom. The van der Waals surface area contributed by atoms with Gasteiger partial charge in [0.1, 0.15) is 11.6 Å². The normalized spacial score (nSPS) is 12.2. The zero-order chi connectivity index (χ0) is 13.1. The summed E-state index contributed by atoms with van der Waals surface area (Å²) in [7, 11) is 0. The smallest absolute Gasteiger partial charge is 0.146 e. The molecule has 2 aromatic carbocycles. The molecule has 0 amide bonds. The number of nitrogens with one attached hydrogen (secondary N) is 1. The number of benzene rings is 2. The van der Waals surface area contributed by atoms with E-state index in [1.54, 1.807) is 12.1 Å². The fraction of sp³-hybridized carbons (Fsp3) is 0.143. The highest BCUT2D eigenvalue weighted by molar-refractivity contribution is 6.30. The van der Waals surface area contributed by atoms with Crippen LogP contribution in [0.4, 0.5) is 14.5 Å². The van der Waals surface area contributed by atoms with Crippen molar-refractivity contribution in [1.29, 1.82) is 0 Å². The summed E-state index contributed by atoms with van der Waals surface area (Å²) in [6, 6.07) is 10.3. The van der Waals surface area contributed by atoms with Crippen molar-refractivity contribution in [2.45, 2.75) is 13.0 Å². The van der Waals surface area contributed by atoms with E-state index in [4.69, 9.17) is 11.6 Å². The van der Waals surface area contributed by atoms with Gasteiger partial charge < -0.3 is 5.32 Å². The van der Waals surface area contributed by atoms with Crippen LogP contribution in [0.5, 0.6) is 0 Å². The molecule has 0 heterocycles. The van der Waals surface area contributed by atoms with Crippen LogP contribution in [0, 0.1) is 11.6 Å². The zero-order valence-electron chi connectivity index (χ0n) is 9.75. The summed E-state index contributed by atoms with van der Waals surface area (Å²) < 4.78 is 26.6. The Bertz CT molecular complexity index is 557. The minimum Gasteiger partial charge on any atom is -0.376 e. The van der Waals surface area contributed by atoms with Crippen LogP contribution >= 0.6 is 11.6 Å². The molecule has 0 aromatic heterocycles. The largest absolute Gasteiger partial charge is 0.376 e. The first kappa shape index (κ1) is 12.8. The maximum atomic E-state index is 13.5. The summed E-state index contributed by atoms with van der Waals surface area (Å²) in [5, 5.41) is 3.42. The second-order valence-electron chi connectivity index (χ2n) is 4.05. The van der Waals surface area contributed by atoms with Crippen LogP contribution in [-0.4, -0.2) is 0 Å². The van der Waals surface area contributed by atoms with Crippen molar-refractivity contribution in [3.8, 4) is 0 Å². The Balaban J connectivity index is 2.21. The van der Waals surface area contributed by atoms with Gasteiger partial charge in [-0.15, -0.1) is 0 Å². The summed E-state index contributed by atoms with van der Waals surface area (Å²) in [6.07, 6.45) is 0. The van der Waals surface area contributed by atoms with Crippen molar-refractivity contribution in [3.63, 3.8) is 0 Å². The number of hydrogen-bond donors (Lipinski definition) is 1. The van der Waals surface area contributed by atoms with E-state index in [9.17, 15) is 8.78 Å². The molecule has 0 aliphatic heterocycles. The molecule has 2 aromatic rings. The number of halogens is 3. The van der Waals surface area contributed by atoms with Gasteiger partial charge in [0.2, 0.25) is 0 Å². The monoisotopic (exact) mass is 267 g/mol. The summed E-state index contributed by atoms with van der Waals surface area (Å²) >= 11 is 5.80. The molecule has 94 valence electrons. The molecule has 1 N–H and O–H groups in total. The molecule has 0 bridgehead atoms. The van der Waals surface area contributed by atoms with Gasteiger partial charge >= 0.3 is 0 Å². The van der Waals surface area contributed by atoms with E-state index in [0.717, 1.165) is 5.56 Å². The summed E-state index contributed by atoms with van der Waals surface area (Å²) in [4.78, 5) is 0. The Labute approximate surface area is 109 Å². The van der Waals surface area contributed by atoms with Crippen LogP contribution in [-0.2, 0) is 0 Å². The lowest BCUT2D eigenvalue weighted by molar-refractivity contribution is 0.621. The SMILES string of the molecule is CC(Nc1cc(Cl)ccc1F)c1cccc(F)c1. The Hall–Kier alpha value is -1.61. The fourth-order valence-corrected chi connectivity index (χ4v) is 1.87. The van der Waals surface area contributed by atoms with Gasteiger partial charge in [0.15, 0.2) is 0 Å². The van der Waals surface area contributed by atoms with Crippen LogP contribution in [0.25, 0.3) is 0 Å². The van der Waals surface area contributed by atoms with Crippen LogP contribution in [0.2, 0.25) is 5.02 Å². The van der Waals surface area contributed by atoms with E-state index in [2.05, 4.69) is 5.32 Å². The van der Waals surface area contributed by atoms with Crippen LogP contribution in [0.15, 0.2) is 42.5 Å². The van der Waals surface area contributed by atoms with Gasteiger partial charge in [-0.2, -0.15) is 0 Å². The molecule has 18 heavy (non-hydrogen) atoms. The molecule has 1 unspecified atom stereocenters. The third-order valence-electron chi connectivity index (χ3n) is 2.65. The third kappa shape index (κ3) is 2.99. The standard InChI is InChI=1S/C14H12ClF2N/c1-9(10-3-2-4-12(16)7-10)18-14-8-11(15)5-6-13(14)17/h2-9,18H,1H3. The minimum absolute atomic E-state index is 0.214. The van der Waals surface area contributed by atoms with E-state index in [-0.39, 0.29) is 17.7 Å². The molecule has 1 nitrogen and oxygen atoms in total. The highest BCUT2D eigenvalue weighted by Crippen LogP contribution is 2.24. The lowest BCUT2D eigenvalue weighted by atomic mass is 10.1. The highest BCUT2D eigenvalue weighted by atomic mass is 35.5. The van der Waals surface area contributed by atoms with Crippen molar-refractivity contribution in [2.24, 2.45) is 0 Å². The second-order valence-corrected chi connectivity index (χ2v) is 4.48. The predicted octanol–water partition coefficient (Wildman–Crippen LogP) is 4.79. The van der Waals surface area contributed by atoms with Crippen LogP contribution in [0.1, 0.15) is 18.5 Å². The molecule has 0 spiro atoms. The van der Waals surface area contributed by atoms with Crippen molar-refractivity contribution in [1.82, 2.24) is 0 Å². The van der Waals surface area contributed by atoms with Crippen molar-refractivity contribution in [2.75, 3.05) is 5.32 Å². The van der Waals surface area contributed by atoms with Gasteiger partial charge in [-0.1, -0.05) is 23.7 Å². The molecule has 0 aliphatic rings. The third-order valence-corrected chi connectivity index (χ3v) is 2.88. The average Bonchev–Trinajstić information content (AvgIpc) is 2.34. The van der Waals surface area contributed by atoms with Gasteiger partial charge in [0, 0.05) is 11.1 Å². The van der Waals surface area contributed by atoms with E-state index in [1.165, 1.54) is 30.3 Å². The fourth-order valence-electron chi connectivity index (χ4n) is 1.70. The van der Waals surface area contributed by atoms with E-state index >= 15 is 0 Å². The number of rotatable bonds is 3. The van der Waals surface area contributed by atoms with Gasteiger partial charge in [0.25, 0.3) is 0 Å². The van der Waals surface area contributed by atoms with Crippen molar-refractivity contribution in [3.05, 3.63) is 64.7 Å². The topological polar surface area (TPSA) is 12.0 Å². The Morgan fingerprint density at radius 2 is 1.89 bits per heavy atom. The molecular formula is C14H12ClF2N. The first-order chi connectivity index (χ1) is 8.56. The molecule has 0 saturated carbocycles. The quantitative estimate of drug-likeness (QED) is 0.843. The second kappa shape index (κ2) is 5.36. The Kier molecular flexibility index (Phi) is 3.82. The van der Waals surface area contributed by atoms with Crippen LogP contribution in [0.3, 0.4) is 0 Å². The Morgan fingerprint density at radius 3 is 2.61 bits per heavy atom. The number of anilines is 1. The van der Waals surface area contributed by atoms with Gasteiger partial charge in [-0.3, -0.25) is 0 Å². The highest BCUT2D eigenvalue weighted by Gasteiger charge is 2.09. The van der Waals surface area contributed by atoms with Crippen molar-refractivity contribution < 1.29 is 8.78 Å². The van der Waals surface area contributed by atoms with E-state index < -0.39 is 0 Å². The number of hydrogen-bond acceptors (Lipinski definition) is 1. The summed E-state index contributed by atoms with van der Waals surface area (Å²) in [6.45, 7) is 1.83. The molecule has 4 heteroatoms. The lowest BCUT2D eigenvalue weighted by Crippen LogP contribution is -2.08. The maximum Gasteiger partial charge on any atom is 0.146 e. The molecule has 0 radical (unpaired) electrons. The zero-order valence-corrected chi connectivity index (χ0v) is 10.5. The molecule has 0 aliphatic carbocycles. The van der Waals surface area contributed by atoms with Gasteiger partial charge in [-0.05, 0) is 42.8 Å². The molecular weight excluding hydrogens is 256 g/mol. The maximum absolute atomic E-state index is 13.5. The first-order valence-electron chi connectivity index (χ1n) is 5.53.